The van der Waals surface area contributed by atoms with E-state index < -0.39 is 18.4 Å². The van der Waals surface area contributed by atoms with Crippen LogP contribution in [0.1, 0.15) is 5.56 Å². The second-order valence-corrected chi connectivity index (χ2v) is 21.5. The number of methoxy groups -OCH3 is 1. The summed E-state index contributed by atoms with van der Waals surface area (Å²) in [5, 5.41) is 0. The Kier molecular flexibility index (Phi) is 6.44. The minimum absolute atomic E-state index is 0.302. The first-order valence-corrected chi connectivity index (χ1v) is 18.0. The number of pyridine rings is 1. The predicted molar refractivity (Wildman–Crippen MR) is 97.0 cm³/mol. The van der Waals surface area contributed by atoms with Gasteiger partial charge >= 0.3 is 145 Å². The van der Waals surface area contributed by atoms with Gasteiger partial charge < -0.3 is 0 Å². The molecular weight excluding hydrogens is 449 g/mol. The van der Waals surface area contributed by atoms with Gasteiger partial charge in [-0.05, 0) is 0 Å². The molecule has 2 aromatic rings. The van der Waals surface area contributed by atoms with Gasteiger partial charge in [0.2, 0.25) is 0 Å². The zero-order valence-electron chi connectivity index (χ0n) is 13.5. The number of ether oxygens (including phenoxy) is 2. The monoisotopic (exact) mass is 471 g/mol. The van der Waals surface area contributed by atoms with Crippen LogP contribution in [0.2, 0.25) is 14.8 Å². The van der Waals surface area contributed by atoms with E-state index in [9.17, 15) is 0 Å². The third-order valence-corrected chi connectivity index (χ3v) is 8.98. The van der Waals surface area contributed by atoms with Crippen molar-refractivity contribution in [2.75, 3.05) is 13.9 Å². The Balaban J connectivity index is 2.24. The van der Waals surface area contributed by atoms with Gasteiger partial charge in [0.1, 0.15) is 0 Å². The Morgan fingerprint density at radius 3 is 2.45 bits per heavy atom. The summed E-state index contributed by atoms with van der Waals surface area (Å²) in [5.74, 6) is 0. The molecule has 22 heavy (non-hydrogen) atoms. The molecule has 0 N–H and O–H groups in total. The van der Waals surface area contributed by atoms with Crippen molar-refractivity contribution in [3.05, 3.63) is 46.6 Å². The van der Waals surface area contributed by atoms with Crippen molar-refractivity contribution in [3.8, 4) is 11.1 Å². The van der Waals surface area contributed by atoms with E-state index in [4.69, 9.17) is 9.47 Å². The Morgan fingerprint density at radius 1 is 1.09 bits per heavy atom. The summed E-state index contributed by atoms with van der Waals surface area (Å²) < 4.78 is 12.7. The molecule has 0 spiro atoms. The van der Waals surface area contributed by atoms with Gasteiger partial charge in [-0.2, -0.15) is 0 Å². The summed E-state index contributed by atoms with van der Waals surface area (Å²) in [7, 11) is 1.62. The van der Waals surface area contributed by atoms with Gasteiger partial charge in [-0.3, -0.25) is 0 Å². The third kappa shape index (κ3) is 5.05. The quantitative estimate of drug-likeness (QED) is 0.360. The molecule has 0 aliphatic rings. The van der Waals surface area contributed by atoms with Gasteiger partial charge in [0, 0.05) is 0 Å². The first-order valence-electron chi connectivity index (χ1n) is 7.23. The standard InChI is InChI=1S/C14H13BrNO2.3CH3.Sn/c1-17-10-18-9-11-5-13(7-14(15)6-11)12-3-2-4-16-8-12;;;;/h2-3,5-8H,9-10H2,1H3;3*1H3;. The van der Waals surface area contributed by atoms with E-state index in [1.54, 1.807) is 7.11 Å². The van der Waals surface area contributed by atoms with E-state index in [0.29, 0.717) is 13.4 Å². The van der Waals surface area contributed by atoms with Gasteiger partial charge in [0.25, 0.3) is 0 Å². The van der Waals surface area contributed by atoms with Crippen LogP contribution < -0.4 is 3.71 Å². The van der Waals surface area contributed by atoms with Gasteiger partial charge in [-0.1, -0.05) is 0 Å². The number of nitrogens with zero attached hydrogens (tertiary/aromatic N) is 1. The molecule has 0 fully saturated rings. The second kappa shape index (κ2) is 7.90. The van der Waals surface area contributed by atoms with Crippen molar-refractivity contribution in [1.29, 1.82) is 0 Å². The molecule has 1 aromatic carbocycles. The maximum atomic E-state index is 5.43. The van der Waals surface area contributed by atoms with Gasteiger partial charge in [-0.25, -0.2) is 0 Å². The molecule has 0 unspecified atom stereocenters. The van der Waals surface area contributed by atoms with Crippen molar-refractivity contribution < 1.29 is 9.47 Å². The Labute approximate surface area is 145 Å². The van der Waals surface area contributed by atoms with Crippen LogP contribution in [-0.4, -0.2) is 37.3 Å². The topological polar surface area (TPSA) is 31.4 Å². The fraction of sp³-hybridized carbons (Fsp3) is 0.353. The van der Waals surface area contributed by atoms with Crippen LogP contribution in [0.25, 0.3) is 11.1 Å². The van der Waals surface area contributed by atoms with Crippen LogP contribution in [0, 0.1) is 0 Å². The van der Waals surface area contributed by atoms with E-state index in [0.717, 1.165) is 21.2 Å². The van der Waals surface area contributed by atoms with Crippen molar-refractivity contribution in [1.82, 2.24) is 4.98 Å². The zero-order valence-corrected chi connectivity index (χ0v) is 18.0. The summed E-state index contributed by atoms with van der Waals surface area (Å²) in [6.07, 6.45) is 1.99. The molecule has 0 bridgehead atoms. The average molecular weight is 471 g/mol. The first kappa shape index (κ1) is 17.9. The molecule has 0 saturated carbocycles. The van der Waals surface area contributed by atoms with Crippen LogP contribution in [0.5, 0.6) is 0 Å². The van der Waals surface area contributed by atoms with Crippen molar-refractivity contribution in [3.63, 3.8) is 0 Å². The van der Waals surface area contributed by atoms with Crippen LogP contribution in [0.4, 0.5) is 0 Å². The van der Waals surface area contributed by atoms with E-state index in [1.165, 1.54) is 3.71 Å². The number of aromatic nitrogens is 1. The Morgan fingerprint density at radius 2 is 1.86 bits per heavy atom. The zero-order chi connectivity index (χ0) is 16.2. The molecule has 3 nitrogen and oxygen atoms in total. The number of halogens is 1. The minimum atomic E-state index is -2.08. The van der Waals surface area contributed by atoms with Gasteiger partial charge in [-0.15, -0.1) is 0 Å². The van der Waals surface area contributed by atoms with Gasteiger partial charge in [0.15, 0.2) is 0 Å². The van der Waals surface area contributed by atoms with E-state index in [1.807, 2.05) is 6.20 Å². The summed E-state index contributed by atoms with van der Waals surface area (Å²) in [6.45, 7) is 0.834. The van der Waals surface area contributed by atoms with Crippen molar-refractivity contribution in [2.24, 2.45) is 0 Å². The van der Waals surface area contributed by atoms with Crippen LogP contribution in [-0.2, 0) is 16.1 Å². The number of hydrogen-bond donors (Lipinski definition) is 0. The summed E-state index contributed by atoms with van der Waals surface area (Å²) in [4.78, 5) is 11.8. The van der Waals surface area contributed by atoms with Crippen molar-refractivity contribution >= 4 is 38.0 Å². The fourth-order valence-electron chi connectivity index (χ4n) is 2.15. The molecule has 0 atom stereocenters. The molecule has 0 aliphatic heterocycles. The summed E-state index contributed by atoms with van der Waals surface area (Å²) in [5.41, 5.74) is 3.39. The number of rotatable bonds is 6. The molecule has 0 amide bonds. The fourth-order valence-corrected chi connectivity index (χ4v) is 5.65. The van der Waals surface area contributed by atoms with Crippen molar-refractivity contribution in [2.45, 2.75) is 21.4 Å². The molecule has 1 aromatic heterocycles. The molecule has 0 saturated heterocycles. The Bertz CT molecular complexity index is 624. The SMILES string of the molecule is COCOCc1cc(Br)cc(-c2cc[c]([Sn]([CH3])([CH3])[CH3])nc2)c1. The van der Waals surface area contributed by atoms with Gasteiger partial charge in [0.05, 0.1) is 0 Å². The number of benzene rings is 1. The molecule has 5 heteroatoms. The van der Waals surface area contributed by atoms with Crippen LogP contribution in [0.15, 0.2) is 41.0 Å². The molecule has 0 radical (unpaired) electrons. The van der Waals surface area contributed by atoms with E-state index >= 15 is 0 Å². The maximum absolute atomic E-state index is 5.43. The normalized spacial score (nSPS) is 11.7. The third-order valence-electron chi connectivity index (χ3n) is 3.29. The predicted octanol–water partition coefficient (Wildman–Crippen LogP) is 4.18. The number of hydrogen-bond acceptors (Lipinski definition) is 3. The van der Waals surface area contributed by atoms with E-state index in [-0.39, 0.29) is 0 Å². The van der Waals surface area contributed by atoms with Crippen LogP contribution >= 0.6 is 15.9 Å². The summed E-state index contributed by atoms with van der Waals surface area (Å²) >= 11 is 1.49. The first-order chi connectivity index (χ1) is 10.4. The molecule has 2 rings (SSSR count). The van der Waals surface area contributed by atoms with E-state index in [2.05, 4.69) is 66.1 Å². The molecule has 118 valence electrons. The molecular formula is C17H22BrNO2Sn. The average Bonchev–Trinajstić information content (AvgIpc) is 2.46. The molecule has 1 heterocycles. The Hall–Kier alpha value is -0.431. The second-order valence-electron chi connectivity index (χ2n) is 6.29. The summed E-state index contributed by atoms with van der Waals surface area (Å²) in [6, 6.07) is 10.7. The molecule has 0 aliphatic carbocycles. The van der Waals surface area contributed by atoms with Crippen LogP contribution in [0.3, 0.4) is 0 Å².